The van der Waals surface area contributed by atoms with Gasteiger partial charge in [0.05, 0.1) is 8.95 Å². The predicted molar refractivity (Wildman–Crippen MR) is 80.3 cm³/mol. The summed E-state index contributed by atoms with van der Waals surface area (Å²) in [5.74, 6) is 0.941. The van der Waals surface area contributed by atoms with Gasteiger partial charge in [0.1, 0.15) is 11.5 Å². The molecule has 0 aliphatic rings. The molecule has 1 aromatic heterocycles. The van der Waals surface area contributed by atoms with E-state index in [1.165, 1.54) is 6.08 Å². The largest absolute Gasteiger partial charge is 0.506 e. The number of aromatic hydroxyl groups is 1. The smallest absolute Gasteiger partial charge is 0.221 e. The number of carbonyl (C=O) groups excluding carboxylic acids is 1. The molecule has 3 nitrogen and oxygen atoms in total. The number of hydrogen-bond donors (Lipinski definition) is 1. The van der Waals surface area contributed by atoms with Crippen molar-refractivity contribution < 1.29 is 14.3 Å². The summed E-state index contributed by atoms with van der Waals surface area (Å²) in [7, 11) is 0. The monoisotopic (exact) mass is 384 g/mol. The minimum atomic E-state index is -0.201. The quantitative estimate of drug-likeness (QED) is 0.614. The van der Waals surface area contributed by atoms with Gasteiger partial charge in [0.15, 0.2) is 5.76 Å². The average Bonchev–Trinajstić information content (AvgIpc) is 2.79. The third-order valence-corrected chi connectivity index (χ3v) is 3.66. The van der Waals surface area contributed by atoms with Crippen LogP contribution in [0.15, 0.2) is 43.7 Å². The second-order valence-corrected chi connectivity index (χ2v) is 5.65. The highest BCUT2D eigenvalue weighted by Crippen LogP contribution is 2.33. The van der Waals surface area contributed by atoms with Gasteiger partial charge in [0, 0.05) is 0 Å². The van der Waals surface area contributed by atoms with Crippen molar-refractivity contribution in [1.29, 1.82) is 0 Å². The van der Waals surface area contributed by atoms with Gasteiger partial charge >= 0.3 is 0 Å². The van der Waals surface area contributed by atoms with E-state index in [-0.39, 0.29) is 11.5 Å². The molecule has 5 heteroatoms. The summed E-state index contributed by atoms with van der Waals surface area (Å²) in [5.41, 5.74) is 0.785. The molecule has 1 aromatic carbocycles. The standard InChI is InChI=1S/C14H10Br2O3/c1-8-2-5-13(19-8)12(17)4-3-9-6-10(15)14(18)11(16)7-9/h2-7,18H,1H3/b4-3+. The van der Waals surface area contributed by atoms with Gasteiger partial charge < -0.3 is 9.52 Å². The predicted octanol–water partition coefficient (Wildman–Crippen LogP) is 4.71. The minimum Gasteiger partial charge on any atom is -0.506 e. The third kappa shape index (κ3) is 3.36. The molecule has 1 heterocycles. The van der Waals surface area contributed by atoms with Crippen molar-refractivity contribution in [1.82, 2.24) is 0 Å². The molecular weight excluding hydrogens is 376 g/mol. The van der Waals surface area contributed by atoms with Gasteiger partial charge in [-0.1, -0.05) is 6.08 Å². The summed E-state index contributed by atoms with van der Waals surface area (Å²) in [6, 6.07) is 6.83. The summed E-state index contributed by atoms with van der Waals surface area (Å²) in [5, 5.41) is 9.59. The van der Waals surface area contributed by atoms with E-state index in [0.717, 1.165) is 5.56 Å². The first-order valence-corrected chi connectivity index (χ1v) is 7.03. The van der Waals surface area contributed by atoms with Crippen LogP contribution in [0.1, 0.15) is 21.9 Å². The molecule has 1 N–H and O–H groups in total. The van der Waals surface area contributed by atoms with Gasteiger partial charge in [-0.15, -0.1) is 0 Å². The van der Waals surface area contributed by atoms with Crippen LogP contribution in [0.25, 0.3) is 6.08 Å². The van der Waals surface area contributed by atoms with Crippen LogP contribution in [0.4, 0.5) is 0 Å². The molecule has 2 aromatic rings. The van der Waals surface area contributed by atoms with Crippen LogP contribution in [-0.2, 0) is 0 Å². The van der Waals surface area contributed by atoms with E-state index in [0.29, 0.717) is 20.5 Å². The zero-order chi connectivity index (χ0) is 14.0. The lowest BCUT2D eigenvalue weighted by molar-refractivity contribution is 0.102. The van der Waals surface area contributed by atoms with E-state index in [1.807, 2.05) is 0 Å². The Balaban J connectivity index is 2.21. The van der Waals surface area contributed by atoms with Crippen LogP contribution in [0.2, 0.25) is 0 Å². The van der Waals surface area contributed by atoms with Crippen LogP contribution in [0, 0.1) is 6.92 Å². The normalized spacial score (nSPS) is 11.1. The lowest BCUT2D eigenvalue weighted by Gasteiger charge is -2.01. The van der Waals surface area contributed by atoms with Crippen LogP contribution < -0.4 is 0 Å². The first-order valence-electron chi connectivity index (χ1n) is 5.44. The zero-order valence-corrected chi connectivity index (χ0v) is 13.2. The lowest BCUT2D eigenvalue weighted by atomic mass is 10.2. The van der Waals surface area contributed by atoms with Gasteiger partial charge in [0.2, 0.25) is 5.78 Å². The Labute approximate surface area is 127 Å². The molecule has 0 aliphatic carbocycles. The summed E-state index contributed by atoms with van der Waals surface area (Å²) >= 11 is 6.47. The second-order valence-electron chi connectivity index (χ2n) is 3.94. The van der Waals surface area contributed by atoms with E-state index >= 15 is 0 Å². The number of phenols is 1. The Morgan fingerprint density at radius 2 is 1.89 bits per heavy atom. The van der Waals surface area contributed by atoms with Crippen molar-refractivity contribution in [2.75, 3.05) is 0 Å². The SMILES string of the molecule is Cc1ccc(C(=O)/C=C/c2cc(Br)c(O)c(Br)c2)o1. The van der Waals surface area contributed by atoms with Crippen molar-refractivity contribution in [3.8, 4) is 5.75 Å². The van der Waals surface area contributed by atoms with Crippen molar-refractivity contribution in [3.63, 3.8) is 0 Å². The van der Waals surface area contributed by atoms with E-state index in [9.17, 15) is 9.90 Å². The van der Waals surface area contributed by atoms with Crippen molar-refractivity contribution >= 4 is 43.7 Å². The van der Waals surface area contributed by atoms with E-state index in [4.69, 9.17) is 4.42 Å². The summed E-state index contributed by atoms with van der Waals surface area (Å²) < 4.78 is 6.36. The number of benzene rings is 1. The maximum atomic E-state index is 11.8. The highest BCUT2D eigenvalue weighted by Gasteiger charge is 2.07. The molecule has 0 radical (unpaired) electrons. The maximum absolute atomic E-state index is 11.8. The molecule has 2 rings (SSSR count). The Hall–Kier alpha value is -1.33. The molecule has 0 aliphatic heterocycles. The Bertz CT molecular complexity index is 633. The molecule has 0 amide bonds. The number of halogens is 2. The molecule has 0 fully saturated rings. The zero-order valence-electron chi connectivity index (χ0n) is 9.98. The van der Waals surface area contributed by atoms with E-state index < -0.39 is 0 Å². The fourth-order valence-corrected chi connectivity index (χ4v) is 2.72. The van der Waals surface area contributed by atoms with E-state index in [2.05, 4.69) is 31.9 Å². The second kappa shape index (κ2) is 5.75. The highest BCUT2D eigenvalue weighted by atomic mass is 79.9. The minimum absolute atomic E-state index is 0.130. The average molecular weight is 386 g/mol. The highest BCUT2D eigenvalue weighted by molar-refractivity contribution is 9.11. The first kappa shape index (κ1) is 14.1. The number of ketones is 1. The summed E-state index contributed by atoms with van der Waals surface area (Å²) in [4.78, 5) is 11.8. The van der Waals surface area contributed by atoms with Crippen LogP contribution in [0.3, 0.4) is 0 Å². The number of phenolic OH excluding ortho intramolecular Hbond substituents is 1. The fraction of sp³-hybridized carbons (Fsp3) is 0.0714. The molecule has 0 saturated heterocycles. The molecule has 0 spiro atoms. The molecular formula is C14H10Br2O3. The molecule has 0 atom stereocenters. The van der Waals surface area contributed by atoms with Gasteiger partial charge in [-0.05, 0) is 74.7 Å². The molecule has 98 valence electrons. The number of hydrogen-bond acceptors (Lipinski definition) is 3. The molecule has 19 heavy (non-hydrogen) atoms. The molecule has 0 bridgehead atoms. The van der Waals surface area contributed by atoms with Crippen LogP contribution >= 0.6 is 31.9 Å². The molecule has 0 unspecified atom stereocenters. The van der Waals surface area contributed by atoms with Gasteiger partial charge in [-0.25, -0.2) is 0 Å². The number of carbonyl (C=O) groups is 1. The number of furan rings is 1. The molecule has 0 saturated carbocycles. The summed E-state index contributed by atoms with van der Waals surface area (Å²) in [6.07, 6.45) is 3.10. The Kier molecular flexibility index (Phi) is 4.27. The Morgan fingerprint density at radius 3 is 2.42 bits per heavy atom. The summed E-state index contributed by atoms with van der Waals surface area (Å²) in [6.45, 7) is 1.79. The van der Waals surface area contributed by atoms with Gasteiger partial charge in [-0.2, -0.15) is 0 Å². The topological polar surface area (TPSA) is 50.4 Å². The maximum Gasteiger partial charge on any atom is 0.221 e. The van der Waals surface area contributed by atoms with Crippen molar-refractivity contribution in [3.05, 3.63) is 56.4 Å². The third-order valence-electron chi connectivity index (χ3n) is 2.45. The first-order chi connectivity index (χ1) is 8.97. The van der Waals surface area contributed by atoms with Crippen LogP contribution in [-0.4, -0.2) is 10.9 Å². The number of rotatable bonds is 3. The van der Waals surface area contributed by atoms with Crippen LogP contribution in [0.5, 0.6) is 5.75 Å². The fourth-order valence-electron chi connectivity index (χ4n) is 1.50. The van der Waals surface area contributed by atoms with Gasteiger partial charge in [-0.3, -0.25) is 4.79 Å². The lowest BCUT2D eigenvalue weighted by Crippen LogP contribution is -1.90. The van der Waals surface area contributed by atoms with E-state index in [1.54, 1.807) is 37.3 Å². The Morgan fingerprint density at radius 1 is 1.26 bits per heavy atom. The van der Waals surface area contributed by atoms with Gasteiger partial charge in [0.25, 0.3) is 0 Å². The van der Waals surface area contributed by atoms with Crippen molar-refractivity contribution in [2.24, 2.45) is 0 Å². The number of aryl methyl sites for hydroxylation is 1. The number of allylic oxidation sites excluding steroid dienone is 1. The van der Waals surface area contributed by atoms with Crippen molar-refractivity contribution in [2.45, 2.75) is 6.92 Å².